The third-order valence-corrected chi connectivity index (χ3v) is 3.05. The molecule has 4 heteroatoms. The third-order valence-electron chi connectivity index (χ3n) is 3.05. The fourth-order valence-electron chi connectivity index (χ4n) is 2.09. The minimum absolute atomic E-state index is 0.0588. The average Bonchev–Trinajstić information content (AvgIpc) is 2.35. The van der Waals surface area contributed by atoms with Gasteiger partial charge in [-0.25, -0.2) is 5.01 Å². The predicted octanol–water partition coefficient (Wildman–Crippen LogP) is 2.10. The standard InChI is InChI=1S/C13H26N2O2/c1-2-17-13(16)9-5-3-6-10-14-15-11-7-4-8-12-15/h14H,2-12H2,1H3. The molecule has 0 aromatic carbocycles. The van der Waals surface area contributed by atoms with Gasteiger partial charge in [-0.15, -0.1) is 0 Å². The lowest BCUT2D eigenvalue weighted by Crippen LogP contribution is -2.42. The lowest BCUT2D eigenvalue weighted by molar-refractivity contribution is -0.143. The van der Waals surface area contributed by atoms with Crippen molar-refractivity contribution >= 4 is 5.97 Å². The van der Waals surface area contributed by atoms with E-state index in [4.69, 9.17) is 4.74 Å². The maximum Gasteiger partial charge on any atom is 0.305 e. The van der Waals surface area contributed by atoms with Crippen molar-refractivity contribution in [3.63, 3.8) is 0 Å². The van der Waals surface area contributed by atoms with Crippen LogP contribution in [0.25, 0.3) is 0 Å². The van der Waals surface area contributed by atoms with E-state index in [9.17, 15) is 4.79 Å². The molecule has 1 rings (SSSR count). The summed E-state index contributed by atoms with van der Waals surface area (Å²) in [6.45, 7) is 5.74. The molecule has 0 aromatic rings. The Morgan fingerprint density at radius 2 is 1.94 bits per heavy atom. The van der Waals surface area contributed by atoms with Crippen molar-refractivity contribution in [2.45, 2.75) is 51.9 Å². The van der Waals surface area contributed by atoms with Gasteiger partial charge < -0.3 is 4.74 Å². The molecular formula is C13H26N2O2. The molecule has 0 aromatic heterocycles. The monoisotopic (exact) mass is 242 g/mol. The van der Waals surface area contributed by atoms with Crippen LogP contribution in [0, 0.1) is 0 Å². The first kappa shape index (κ1) is 14.5. The van der Waals surface area contributed by atoms with Crippen molar-refractivity contribution < 1.29 is 9.53 Å². The largest absolute Gasteiger partial charge is 0.466 e. The van der Waals surface area contributed by atoms with Crippen molar-refractivity contribution in [3.8, 4) is 0 Å². The molecule has 1 saturated heterocycles. The number of unbranched alkanes of at least 4 members (excludes halogenated alkanes) is 2. The summed E-state index contributed by atoms with van der Waals surface area (Å²) in [6.07, 6.45) is 7.75. The van der Waals surface area contributed by atoms with Gasteiger partial charge in [0.05, 0.1) is 6.61 Å². The van der Waals surface area contributed by atoms with Gasteiger partial charge in [-0.05, 0) is 32.6 Å². The number of rotatable bonds is 8. The van der Waals surface area contributed by atoms with Gasteiger partial charge in [0.25, 0.3) is 0 Å². The Balaban J connectivity index is 1.85. The first-order valence-corrected chi connectivity index (χ1v) is 6.97. The Morgan fingerprint density at radius 1 is 1.18 bits per heavy atom. The normalized spacial score (nSPS) is 17.0. The summed E-state index contributed by atoms with van der Waals surface area (Å²) in [6, 6.07) is 0. The minimum Gasteiger partial charge on any atom is -0.466 e. The number of carbonyl (C=O) groups excluding carboxylic acids is 1. The zero-order valence-corrected chi connectivity index (χ0v) is 11.0. The Bertz CT molecular complexity index is 204. The maximum absolute atomic E-state index is 11.1. The van der Waals surface area contributed by atoms with E-state index >= 15 is 0 Å². The highest BCUT2D eigenvalue weighted by Crippen LogP contribution is 2.06. The Labute approximate surface area is 105 Å². The summed E-state index contributed by atoms with van der Waals surface area (Å²) in [4.78, 5) is 11.1. The first-order chi connectivity index (χ1) is 8.33. The van der Waals surface area contributed by atoms with Crippen LogP contribution < -0.4 is 5.43 Å². The molecule has 1 N–H and O–H groups in total. The molecule has 1 heterocycles. The van der Waals surface area contributed by atoms with Crippen molar-refractivity contribution in [2.24, 2.45) is 0 Å². The first-order valence-electron chi connectivity index (χ1n) is 6.97. The Kier molecular flexibility index (Phi) is 8.01. The van der Waals surface area contributed by atoms with Gasteiger partial charge in [0.1, 0.15) is 0 Å². The molecule has 0 amide bonds. The summed E-state index contributed by atoms with van der Waals surface area (Å²) in [5.74, 6) is -0.0588. The highest BCUT2D eigenvalue weighted by Gasteiger charge is 2.08. The van der Waals surface area contributed by atoms with Crippen LogP contribution >= 0.6 is 0 Å². The smallest absolute Gasteiger partial charge is 0.305 e. The number of ether oxygens (including phenoxy) is 1. The van der Waals surface area contributed by atoms with Crippen molar-refractivity contribution in [2.75, 3.05) is 26.2 Å². The summed E-state index contributed by atoms with van der Waals surface area (Å²) >= 11 is 0. The zero-order valence-electron chi connectivity index (χ0n) is 11.0. The molecule has 17 heavy (non-hydrogen) atoms. The Morgan fingerprint density at radius 3 is 2.65 bits per heavy atom. The number of hydrogen-bond acceptors (Lipinski definition) is 4. The van der Waals surface area contributed by atoms with Gasteiger partial charge in [-0.2, -0.15) is 0 Å². The highest BCUT2D eigenvalue weighted by atomic mass is 16.5. The van der Waals surface area contributed by atoms with E-state index < -0.39 is 0 Å². The van der Waals surface area contributed by atoms with Gasteiger partial charge in [0.15, 0.2) is 0 Å². The van der Waals surface area contributed by atoms with Crippen LogP contribution in [0.5, 0.6) is 0 Å². The van der Waals surface area contributed by atoms with E-state index in [0.717, 1.165) is 25.8 Å². The van der Waals surface area contributed by atoms with Crippen molar-refractivity contribution in [1.29, 1.82) is 0 Å². The number of nitrogens with zero attached hydrogens (tertiary/aromatic N) is 1. The van der Waals surface area contributed by atoms with E-state index in [0.29, 0.717) is 13.0 Å². The number of hydrogen-bond donors (Lipinski definition) is 1. The van der Waals surface area contributed by atoms with Gasteiger partial charge in [0.2, 0.25) is 0 Å². The SMILES string of the molecule is CCOC(=O)CCCCCNN1CCCCC1. The van der Waals surface area contributed by atoms with E-state index in [1.807, 2.05) is 6.92 Å². The average molecular weight is 242 g/mol. The van der Waals surface area contributed by atoms with Gasteiger partial charge >= 0.3 is 5.97 Å². The summed E-state index contributed by atoms with van der Waals surface area (Å²) in [5, 5.41) is 2.33. The molecule has 0 aliphatic carbocycles. The number of esters is 1. The van der Waals surface area contributed by atoms with E-state index in [1.54, 1.807) is 0 Å². The molecule has 1 aliphatic rings. The molecule has 4 nitrogen and oxygen atoms in total. The predicted molar refractivity (Wildman–Crippen MR) is 68.5 cm³/mol. The lowest BCUT2D eigenvalue weighted by atomic mass is 10.1. The zero-order chi connectivity index (χ0) is 12.3. The fourth-order valence-corrected chi connectivity index (χ4v) is 2.09. The highest BCUT2D eigenvalue weighted by molar-refractivity contribution is 5.69. The molecule has 100 valence electrons. The van der Waals surface area contributed by atoms with Crippen LogP contribution in [0.3, 0.4) is 0 Å². The molecule has 1 fully saturated rings. The van der Waals surface area contributed by atoms with Crippen LogP contribution in [-0.2, 0) is 9.53 Å². The van der Waals surface area contributed by atoms with Gasteiger partial charge in [-0.1, -0.05) is 12.8 Å². The second-order valence-corrected chi connectivity index (χ2v) is 4.57. The minimum atomic E-state index is -0.0588. The summed E-state index contributed by atoms with van der Waals surface area (Å²) < 4.78 is 4.88. The molecular weight excluding hydrogens is 216 g/mol. The van der Waals surface area contributed by atoms with Crippen LogP contribution in [-0.4, -0.2) is 37.2 Å². The third kappa shape index (κ3) is 7.34. The lowest BCUT2D eigenvalue weighted by Gasteiger charge is -2.27. The van der Waals surface area contributed by atoms with E-state index in [1.165, 1.54) is 32.4 Å². The van der Waals surface area contributed by atoms with Crippen molar-refractivity contribution in [3.05, 3.63) is 0 Å². The molecule has 1 aliphatic heterocycles. The summed E-state index contributed by atoms with van der Waals surface area (Å²) in [7, 11) is 0. The van der Waals surface area contributed by atoms with E-state index in [-0.39, 0.29) is 5.97 Å². The number of carbonyl (C=O) groups is 1. The molecule has 0 spiro atoms. The van der Waals surface area contributed by atoms with Crippen LogP contribution in [0.2, 0.25) is 0 Å². The van der Waals surface area contributed by atoms with Gasteiger partial charge in [-0.3, -0.25) is 10.2 Å². The van der Waals surface area contributed by atoms with E-state index in [2.05, 4.69) is 10.4 Å². The van der Waals surface area contributed by atoms with Crippen molar-refractivity contribution in [1.82, 2.24) is 10.4 Å². The molecule has 0 saturated carbocycles. The maximum atomic E-state index is 11.1. The molecule has 0 radical (unpaired) electrons. The number of nitrogens with one attached hydrogen (secondary N) is 1. The number of hydrazine groups is 1. The van der Waals surface area contributed by atoms with Gasteiger partial charge in [0, 0.05) is 26.1 Å². The molecule has 0 atom stereocenters. The molecule has 0 unspecified atom stereocenters. The second-order valence-electron chi connectivity index (χ2n) is 4.57. The molecule has 0 bridgehead atoms. The topological polar surface area (TPSA) is 41.6 Å². The van der Waals surface area contributed by atoms with Crippen LogP contribution in [0.1, 0.15) is 51.9 Å². The Hall–Kier alpha value is -0.610. The second kappa shape index (κ2) is 9.42. The fraction of sp³-hybridized carbons (Fsp3) is 0.923. The van der Waals surface area contributed by atoms with Crippen LogP contribution in [0.15, 0.2) is 0 Å². The summed E-state index contributed by atoms with van der Waals surface area (Å²) in [5.41, 5.74) is 3.45. The van der Waals surface area contributed by atoms with Crippen LogP contribution in [0.4, 0.5) is 0 Å². The quantitative estimate of drug-likeness (QED) is 0.523. The number of piperidine rings is 1.